The Morgan fingerprint density at radius 1 is 1.00 bits per heavy atom. The van der Waals surface area contributed by atoms with E-state index in [4.69, 9.17) is 25.8 Å². The number of hydrazine groups is 1. The first-order valence-corrected chi connectivity index (χ1v) is 9.58. The minimum atomic E-state index is -0.502. The van der Waals surface area contributed by atoms with E-state index in [1.54, 1.807) is 36.4 Å². The summed E-state index contributed by atoms with van der Waals surface area (Å²) in [6, 6.07) is 10.2. The second kappa shape index (κ2) is 11.3. The highest BCUT2D eigenvalue weighted by Gasteiger charge is 2.13. The Hall–Kier alpha value is -2.77. The highest BCUT2D eigenvalue weighted by Crippen LogP contribution is 2.25. The minimum Gasteiger partial charge on any atom is -0.490 e. The van der Waals surface area contributed by atoms with Crippen molar-refractivity contribution in [3.63, 3.8) is 0 Å². The lowest BCUT2D eigenvalue weighted by atomic mass is 10.1. The maximum Gasteiger partial charge on any atom is 0.276 e. The molecule has 2 N–H and O–H groups in total. The molecular weight excluding hydrogens is 396 g/mol. The third-order valence-electron chi connectivity index (χ3n) is 3.92. The topological polar surface area (TPSA) is 85.9 Å². The molecule has 2 aromatic rings. The smallest absolute Gasteiger partial charge is 0.276 e. The van der Waals surface area contributed by atoms with Gasteiger partial charge < -0.3 is 14.2 Å². The standard InChI is InChI=1S/C21H25ClN2O5/c1-4-27-9-10-28-18-8-6-5-7-17(18)21(26)24-23-19(25)13-29-16-11-14(2)20(22)15(3)12-16/h5-8,11-12H,4,9-10,13H2,1-3H3,(H,23,25)(H,24,26). The number of aryl methyl sites for hydroxylation is 2. The van der Waals surface area contributed by atoms with Crippen molar-refractivity contribution in [3.05, 3.63) is 58.1 Å². The Kier molecular flexibility index (Phi) is 8.76. The van der Waals surface area contributed by atoms with Crippen molar-refractivity contribution in [3.8, 4) is 11.5 Å². The van der Waals surface area contributed by atoms with E-state index in [-0.39, 0.29) is 6.61 Å². The maximum absolute atomic E-state index is 12.4. The minimum absolute atomic E-state index is 0.257. The summed E-state index contributed by atoms with van der Waals surface area (Å²) in [6.07, 6.45) is 0. The predicted octanol–water partition coefficient (Wildman–Crippen LogP) is 3.21. The van der Waals surface area contributed by atoms with Crippen molar-refractivity contribution in [1.29, 1.82) is 0 Å². The van der Waals surface area contributed by atoms with Crippen molar-refractivity contribution < 1.29 is 23.8 Å². The second-order valence-electron chi connectivity index (χ2n) is 6.20. The van der Waals surface area contributed by atoms with Gasteiger partial charge in [-0.3, -0.25) is 20.4 Å². The molecule has 0 atom stereocenters. The number of rotatable bonds is 9. The van der Waals surface area contributed by atoms with Crippen LogP contribution in [-0.4, -0.2) is 38.2 Å². The van der Waals surface area contributed by atoms with E-state index in [2.05, 4.69) is 10.9 Å². The molecule has 29 heavy (non-hydrogen) atoms. The number of ether oxygens (including phenoxy) is 3. The van der Waals surface area contributed by atoms with Crippen molar-refractivity contribution in [2.45, 2.75) is 20.8 Å². The third-order valence-corrected chi connectivity index (χ3v) is 4.51. The lowest BCUT2D eigenvalue weighted by Gasteiger charge is -2.13. The summed E-state index contributed by atoms with van der Waals surface area (Å²) in [4.78, 5) is 24.4. The molecule has 8 heteroatoms. The monoisotopic (exact) mass is 420 g/mol. The van der Waals surface area contributed by atoms with Gasteiger partial charge in [0.1, 0.15) is 18.1 Å². The average Bonchev–Trinajstić information content (AvgIpc) is 2.72. The number of hydrogen-bond donors (Lipinski definition) is 2. The molecule has 0 spiro atoms. The van der Waals surface area contributed by atoms with E-state index < -0.39 is 11.8 Å². The molecule has 0 saturated carbocycles. The summed E-state index contributed by atoms with van der Waals surface area (Å²) in [7, 11) is 0. The summed E-state index contributed by atoms with van der Waals surface area (Å²) in [5.74, 6) is -0.0665. The van der Waals surface area contributed by atoms with Gasteiger partial charge in [0.05, 0.1) is 12.2 Å². The number of amides is 2. The van der Waals surface area contributed by atoms with Crippen molar-refractivity contribution >= 4 is 23.4 Å². The molecule has 0 aliphatic heterocycles. The molecular formula is C21H25ClN2O5. The van der Waals surface area contributed by atoms with Crippen LogP contribution < -0.4 is 20.3 Å². The Labute approximate surface area is 175 Å². The Balaban J connectivity index is 1.85. The fraction of sp³-hybridized carbons (Fsp3) is 0.333. The third kappa shape index (κ3) is 6.96. The van der Waals surface area contributed by atoms with Crippen LogP contribution in [0.5, 0.6) is 11.5 Å². The molecule has 0 unspecified atom stereocenters. The van der Waals surface area contributed by atoms with Gasteiger partial charge in [0.15, 0.2) is 6.61 Å². The number of benzene rings is 2. The summed E-state index contributed by atoms with van der Waals surface area (Å²) in [5.41, 5.74) is 6.70. The van der Waals surface area contributed by atoms with Gasteiger partial charge in [0.25, 0.3) is 11.8 Å². The number of nitrogens with one attached hydrogen (secondary N) is 2. The number of hydrogen-bond acceptors (Lipinski definition) is 5. The van der Waals surface area contributed by atoms with Crippen LogP contribution in [-0.2, 0) is 9.53 Å². The molecule has 2 rings (SSSR count). The van der Waals surface area contributed by atoms with E-state index in [1.165, 1.54) is 0 Å². The Morgan fingerprint density at radius 3 is 2.38 bits per heavy atom. The molecule has 7 nitrogen and oxygen atoms in total. The SMILES string of the molecule is CCOCCOc1ccccc1C(=O)NNC(=O)COc1cc(C)c(Cl)c(C)c1. The Morgan fingerprint density at radius 2 is 1.69 bits per heavy atom. The summed E-state index contributed by atoms with van der Waals surface area (Å²) >= 11 is 6.12. The van der Waals surface area contributed by atoms with E-state index in [0.29, 0.717) is 41.9 Å². The molecule has 0 saturated heterocycles. The largest absolute Gasteiger partial charge is 0.490 e. The first-order valence-electron chi connectivity index (χ1n) is 9.20. The number of para-hydroxylation sites is 1. The zero-order valence-corrected chi connectivity index (χ0v) is 17.5. The number of carbonyl (C=O) groups excluding carboxylic acids is 2. The molecule has 0 aliphatic carbocycles. The zero-order valence-electron chi connectivity index (χ0n) is 16.7. The van der Waals surface area contributed by atoms with Gasteiger partial charge in [-0.2, -0.15) is 0 Å². The second-order valence-corrected chi connectivity index (χ2v) is 6.58. The fourth-order valence-corrected chi connectivity index (χ4v) is 2.61. The lowest BCUT2D eigenvalue weighted by molar-refractivity contribution is -0.123. The first-order chi connectivity index (χ1) is 13.9. The predicted molar refractivity (Wildman–Crippen MR) is 110 cm³/mol. The van der Waals surface area contributed by atoms with Gasteiger partial charge in [-0.1, -0.05) is 23.7 Å². The van der Waals surface area contributed by atoms with Crippen LogP contribution in [0.15, 0.2) is 36.4 Å². The first kappa shape index (κ1) is 22.5. The highest BCUT2D eigenvalue weighted by molar-refractivity contribution is 6.32. The maximum atomic E-state index is 12.4. The van der Waals surface area contributed by atoms with E-state index in [0.717, 1.165) is 11.1 Å². The molecule has 0 heterocycles. The van der Waals surface area contributed by atoms with Gasteiger partial charge in [0.2, 0.25) is 0 Å². The van der Waals surface area contributed by atoms with Crippen LogP contribution >= 0.6 is 11.6 Å². The van der Waals surface area contributed by atoms with E-state index >= 15 is 0 Å². The quantitative estimate of drug-likeness (QED) is 0.480. The normalized spacial score (nSPS) is 10.3. The Bertz CT molecular complexity index is 834. The van der Waals surface area contributed by atoms with Crippen LogP contribution in [0.25, 0.3) is 0 Å². The van der Waals surface area contributed by atoms with Gasteiger partial charge in [-0.15, -0.1) is 0 Å². The highest BCUT2D eigenvalue weighted by atomic mass is 35.5. The number of carbonyl (C=O) groups is 2. The van der Waals surface area contributed by atoms with Crippen molar-refractivity contribution in [2.24, 2.45) is 0 Å². The van der Waals surface area contributed by atoms with Crippen LogP contribution in [0.4, 0.5) is 0 Å². The molecule has 0 aliphatic rings. The van der Waals surface area contributed by atoms with E-state index in [1.807, 2.05) is 20.8 Å². The van der Waals surface area contributed by atoms with Gasteiger partial charge >= 0.3 is 0 Å². The van der Waals surface area contributed by atoms with Crippen molar-refractivity contribution in [2.75, 3.05) is 26.4 Å². The van der Waals surface area contributed by atoms with E-state index in [9.17, 15) is 9.59 Å². The molecule has 0 aromatic heterocycles. The lowest BCUT2D eigenvalue weighted by Crippen LogP contribution is -2.44. The molecule has 156 valence electrons. The number of halogens is 1. The molecule has 0 bridgehead atoms. The summed E-state index contributed by atoms with van der Waals surface area (Å²) in [6.45, 7) is 6.68. The molecule has 2 aromatic carbocycles. The molecule has 0 fully saturated rings. The van der Waals surface area contributed by atoms with Crippen LogP contribution in [0, 0.1) is 13.8 Å². The summed E-state index contributed by atoms with van der Waals surface area (Å²) in [5, 5.41) is 0.663. The molecule has 0 radical (unpaired) electrons. The summed E-state index contributed by atoms with van der Waals surface area (Å²) < 4.78 is 16.2. The van der Waals surface area contributed by atoms with Crippen LogP contribution in [0.1, 0.15) is 28.4 Å². The van der Waals surface area contributed by atoms with Crippen LogP contribution in [0.3, 0.4) is 0 Å². The van der Waals surface area contributed by atoms with Crippen molar-refractivity contribution in [1.82, 2.24) is 10.9 Å². The average molecular weight is 421 g/mol. The van der Waals surface area contributed by atoms with Gasteiger partial charge in [0, 0.05) is 11.6 Å². The van der Waals surface area contributed by atoms with Gasteiger partial charge in [-0.25, -0.2) is 0 Å². The zero-order chi connectivity index (χ0) is 21.2. The molecule has 2 amide bonds. The fourth-order valence-electron chi connectivity index (χ4n) is 2.50. The van der Waals surface area contributed by atoms with Gasteiger partial charge in [-0.05, 0) is 56.2 Å². The van der Waals surface area contributed by atoms with Crippen LogP contribution in [0.2, 0.25) is 5.02 Å².